The first-order valence-electron chi connectivity index (χ1n) is 7.03. The zero-order valence-corrected chi connectivity index (χ0v) is 12.9. The molecule has 3 amide bonds. The van der Waals surface area contributed by atoms with Crippen LogP contribution < -0.4 is 11.1 Å². The average Bonchev–Trinajstić information content (AvgIpc) is 3.27. The van der Waals surface area contributed by atoms with Crippen molar-refractivity contribution in [3.63, 3.8) is 0 Å². The van der Waals surface area contributed by atoms with Crippen LogP contribution in [0.2, 0.25) is 0 Å². The summed E-state index contributed by atoms with van der Waals surface area (Å²) in [7, 11) is 0. The summed E-state index contributed by atoms with van der Waals surface area (Å²) in [5.74, 6) is -0.989. The third-order valence-electron chi connectivity index (χ3n) is 3.67. The monoisotopic (exact) mass is 333 g/mol. The van der Waals surface area contributed by atoms with E-state index in [9.17, 15) is 14.4 Å². The second-order valence-electron chi connectivity index (χ2n) is 5.25. The average molecular weight is 333 g/mol. The Morgan fingerprint density at radius 1 is 1.43 bits per heavy atom. The number of nitrogens with two attached hydrogens (primary N) is 1. The second-order valence-corrected chi connectivity index (χ2v) is 6.09. The molecule has 1 atom stereocenters. The number of primary amides is 1. The summed E-state index contributed by atoms with van der Waals surface area (Å²) in [5.41, 5.74) is 5.67. The first kappa shape index (κ1) is 15.2. The maximum Gasteiger partial charge on any atom is 0.267 e. The summed E-state index contributed by atoms with van der Waals surface area (Å²) >= 11 is 1.16. The van der Waals surface area contributed by atoms with Crippen molar-refractivity contribution < 1.29 is 14.4 Å². The quantitative estimate of drug-likeness (QED) is 0.740. The molecule has 0 bridgehead atoms. The smallest absolute Gasteiger partial charge is 0.267 e. The van der Waals surface area contributed by atoms with Crippen LogP contribution in [-0.2, 0) is 0 Å². The van der Waals surface area contributed by atoms with Gasteiger partial charge in [-0.15, -0.1) is 0 Å². The lowest BCUT2D eigenvalue weighted by molar-refractivity contribution is 0.0787. The van der Waals surface area contributed by atoms with Gasteiger partial charge in [-0.1, -0.05) is 0 Å². The van der Waals surface area contributed by atoms with Crippen LogP contribution in [-0.4, -0.2) is 51.1 Å². The summed E-state index contributed by atoms with van der Waals surface area (Å²) in [6.07, 6.45) is 3.67. The molecule has 4 N–H and O–H groups in total. The molecule has 1 aliphatic rings. The second kappa shape index (κ2) is 6.21. The van der Waals surface area contributed by atoms with Gasteiger partial charge in [-0.3, -0.25) is 14.4 Å². The molecule has 8 nitrogen and oxygen atoms in total. The van der Waals surface area contributed by atoms with Gasteiger partial charge in [0.2, 0.25) is 5.91 Å². The Kier molecular flexibility index (Phi) is 4.11. The Labute approximate surface area is 135 Å². The minimum absolute atomic E-state index is 0.0693. The van der Waals surface area contributed by atoms with Crippen LogP contribution in [0, 0.1) is 0 Å². The van der Waals surface area contributed by atoms with Gasteiger partial charge in [0.25, 0.3) is 11.8 Å². The SMILES string of the molecule is NC(=O)c1c[nH]c(C(=O)NC2CCN(C(=O)c3ccns3)C2)c1. The maximum atomic E-state index is 12.2. The highest BCUT2D eigenvalue weighted by atomic mass is 32.1. The highest BCUT2D eigenvalue weighted by Gasteiger charge is 2.29. The zero-order valence-electron chi connectivity index (χ0n) is 12.1. The van der Waals surface area contributed by atoms with E-state index in [1.807, 2.05) is 0 Å². The van der Waals surface area contributed by atoms with E-state index in [0.717, 1.165) is 11.5 Å². The first-order valence-corrected chi connectivity index (χ1v) is 7.81. The predicted octanol–water partition coefficient (Wildman–Crippen LogP) is 0.215. The van der Waals surface area contributed by atoms with Gasteiger partial charge in [-0.05, 0) is 30.1 Å². The van der Waals surface area contributed by atoms with Gasteiger partial charge < -0.3 is 20.9 Å². The van der Waals surface area contributed by atoms with E-state index in [4.69, 9.17) is 5.73 Å². The number of carbonyl (C=O) groups excluding carboxylic acids is 3. The number of nitrogens with zero attached hydrogens (tertiary/aromatic N) is 2. The molecular weight excluding hydrogens is 318 g/mol. The number of H-pyrrole nitrogens is 1. The molecule has 1 aliphatic heterocycles. The number of rotatable bonds is 4. The Bertz CT molecular complexity index is 739. The molecule has 0 aliphatic carbocycles. The molecule has 2 aromatic heterocycles. The lowest BCUT2D eigenvalue weighted by Gasteiger charge is -2.15. The molecule has 0 aromatic carbocycles. The summed E-state index contributed by atoms with van der Waals surface area (Å²) in [6.45, 7) is 1.03. The standard InChI is InChI=1S/C14H15N5O3S/c15-12(20)8-5-10(16-6-8)13(21)18-9-2-4-19(7-9)14(22)11-1-3-17-23-11/h1,3,5-6,9,16H,2,4,7H2,(H2,15,20)(H,18,21). The highest BCUT2D eigenvalue weighted by Crippen LogP contribution is 2.16. The molecule has 3 rings (SSSR count). The fraction of sp³-hybridized carbons (Fsp3) is 0.286. The van der Waals surface area contributed by atoms with Crippen LogP contribution >= 0.6 is 11.5 Å². The van der Waals surface area contributed by atoms with Crippen molar-refractivity contribution in [1.82, 2.24) is 19.6 Å². The Hall–Kier alpha value is -2.68. The summed E-state index contributed by atoms with van der Waals surface area (Å²) in [5, 5.41) is 2.85. The number of nitrogens with one attached hydrogen (secondary N) is 2. The van der Waals surface area contributed by atoms with Crippen LogP contribution in [0.25, 0.3) is 0 Å². The van der Waals surface area contributed by atoms with Crippen LogP contribution in [0.3, 0.4) is 0 Å². The van der Waals surface area contributed by atoms with Crippen LogP contribution in [0.1, 0.15) is 36.9 Å². The number of hydrogen-bond acceptors (Lipinski definition) is 5. The normalized spacial score (nSPS) is 17.2. The lowest BCUT2D eigenvalue weighted by Crippen LogP contribution is -2.38. The van der Waals surface area contributed by atoms with Crippen LogP contribution in [0.5, 0.6) is 0 Å². The molecule has 0 saturated carbocycles. The summed E-state index contributed by atoms with van der Waals surface area (Å²) < 4.78 is 3.92. The maximum absolute atomic E-state index is 12.2. The topological polar surface area (TPSA) is 121 Å². The molecule has 120 valence electrons. The minimum atomic E-state index is -0.595. The molecular formula is C14H15N5O3S. The third-order valence-corrected chi connectivity index (χ3v) is 4.41. The molecule has 1 unspecified atom stereocenters. The largest absolute Gasteiger partial charge is 0.366 e. The van der Waals surface area contributed by atoms with Crippen LogP contribution in [0.15, 0.2) is 24.5 Å². The van der Waals surface area contributed by atoms with Gasteiger partial charge in [-0.2, -0.15) is 0 Å². The van der Waals surface area contributed by atoms with E-state index < -0.39 is 5.91 Å². The molecule has 3 heterocycles. The van der Waals surface area contributed by atoms with E-state index in [-0.39, 0.29) is 29.1 Å². The number of aromatic nitrogens is 2. The van der Waals surface area contributed by atoms with Crippen LogP contribution in [0.4, 0.5) is 0 Å². The van der Waals surface area contributed by atoms with Crippen molar-refractivity contribution in [2.24, 2.45) is 5.73 Å². The zero-order chi connectivity index (χ0) is 16.4. The Balaban J connectivity index is 1.58. The fourth-order valence-corrected chi connectivity index (χ4v) is 3.04. The van der Waals surface area contributed by atoms with E-state index >= 15 is 0 Å². The third kappa shape index (κ3) is 3.24. The van der Waals surface area contributed by atoms with Gasteiger partial charge in [0, 0.05) is 31.5 Å². The summed E-state index contributed by atoms with van der Waals surface area (Å²) in [4.78, 5) is 40.4. The number of amides is 3. The molecule has 1 saturated heterocycles. The summed E-state index contributed by atoms with van der Waals surface area (Å²) in [6, 6.07) is 2.97. The molecule has 1 fully saturated rings. The molecule has 0 radical (unpaired) electrons. The Morgan fingerprint density at radius 2 is 2.26 bits per heavy atom. The number of likely N-dealkylation sites (tertiary alicyclic amines) is 1. The molecule has 2 aromatic rings. The van der Waals surface area contributed by atoms with Crippen molar-refractivity contribution in [3.8, 4) is 0 Å². The lowest BCUT2D eigenvalue weighted by atomic mass is 10.2. The van der Waals surface area contributed by atoms with E-state index in [1.54, 1.807) is 17.2 Å². The van der Waals surface area contributed by atoms with Gasteiger partial charge in [0.05, 0.1) is 5.56 Å². The highest BCUT2D eigenvalue weighted by molar-refractivity contribution is 7.08. The number of aromatic amines is 1. The van der Waals surface area contributed by atoms with Gasteiger partial charge in [-0.25, -0.2) is 4.37 Å². The Morgan fingerprint density at radius 3 is 2.91 bits per heavy atom. The molecule has 23 heavy (non-hydrogen) atoms. The minimum Gasteiger partial charge on any atom is -0.366 e. The predicted molar refractivity (Wildman–Crippen MR) is 83.2 cm³/mol. The van der Waals surface area contributed by atoms with Crippen molar-refractivity contribution in [1.29, 1.82) is 0 Å². The van der Waals surface area contributed by atoms with E-state index in [0.29, 0.717) is 24.4 Å². The van der Waals surface area contributed by atoms with E-state index in [1.165, 1.54) is 12.3 Å². The van der Waals surface area contributed by atoms with Crippen molar-refractivity contribution in [2.45, 2.75) is 12.5 Å². The molecule has 0 spiro atoms. The van der Waals surface area contributed by atoms with E-state index in [2.05, 4.69) is 14.7 Å². The van der Waals surface area contributed by atoms with Crippen molar-refractivity contribution >= 4 is 29.3 Å². The van der Waals surface area contributed by atoms with Gasteiger partial charge >= 0.3 is 0 Å². The van der Waals surface area contributed by atoms with Gasteiger partial charge in [0.1, 0.15) is 10.6 Å². The van der Waals surface area contributed by atoms with Crippen molar-refractivity contribution in [3.05, 3.63) is 40.7 Å². The molecule has 9 heteroatoms. The first-order chi connectivity index (χ1) is 11.0. The van der Waals surface area contributed by atoms with Gasteiger partial charge in [0.15, 0.2) is 0 Å². The number of carbonyl (C=O) groups is 3. The van der Waals surface area contributed by atoms with Crippen molar-refractivity contribution in [2.75, 3.05) is 13.1 Å². The number of hydrogen-bond donors (Lipinski definition) is 3. The fourth-order valence-electron chi connectivity index (χ4n) is 2.48.